The molecule has 0 saturated heterocycles. The number of nitrogens with zero attached hydrogens (tertiary/aromatic N) is 4. The summed E-state index contributed by atoms with van der Waals surface area (Å²) in [6, 6.07) is 4.11. The van der Waals surface area contributed by atoms with Crippen molar-refractivity contribution in [1.29, 1.82) is 0 Å². The highest BCUT2D eigenvalue weighted by Gasteiger charge is 1.95. The Kier molecular flexibility index (Phi) is 14.8. The van der Waals surface area contributed by atoms with Gasteiger partial charge in [-0.1, -0.05) is 62.5 Å². The van der Waals surface area contributed by atoms with Crippen LogP contribution in [0.15, 0.2) is 29.6 Å². The third kappa shape index (κ3) is 14.5. The van der Waals surface area contributed by atoms with Crippen molar-refractivity contribution in [2.45, 2.75) is 77.0 Å². The number of ether oxygens (including phenoxy) is 1. The molecule has 0 bridgehead atoms. The normalized spacial score (nSPS) is 10.6. The first kappa shape index (κ1) is 21.5. The molecule has 1 heterocycles. The van der Waals surface area contributed by atoms with Gasteiger partial charge in [-0.05, 0) is 42.8 Å². The van der Waals surface area contributed by atoms with E-state index in [1.807, 2.05) is 18.5 Å². The first-order valence-electron chi connectivity index (χ1n) is 9.91. The van der Waals surface area contributed by atoms with Crippen molar-refractivity contribution in [1.82, 2.24) is 4.98 Å². The zero-order chi connectivity index (χ0) is 17.8. The highest BCUT2D eigenvalue weighted by molar-refractivity contribution is 5.08. The lowest BCUT2D eigenvalue weighted by Gasteiger charge is -2.05. The van der Waals surface area contributed by atoms with Crippen molar-refractivity contribution in [3.05, 3.63) is 40.5 Å². The fourth-order valence-electron chi connectivity index (χ4n) is 2.87. The lowest BCUT2D eigenvalue weighted by atomic mass is 10.1. The molecule has 0 aliphatic carbocycles. The van der Waals surface area contributed by atoms with E-state index in [-0.39, 0.29) is 0 Å². The fraction of sp³-hybridized carbons (Fsp3) is 0.750. The van der Waals surface area contributed by atoms with E-state index in [0.29, 0.717) is 6.54 Å². The molecule has 0 amide bonds. The molecule has 0 fully saturated rings. The van der Waals surface area contributed by atoms with Crippen LogP contribution in [0.2, 0.25) is 0 Å². The van der Waals surface area contributed by atoms with Gasteiger partial charge >= 0.3 is 0 Å². The minimum atomic E-state index is 0.655. The average molecular weight is 347 g/mol. The second kappa shape index (κ2) is 17.2. The van der Waals surface area contributed by atoms with Gasteiger partial charge in [-0.15, -0.1) is 0 Å². The highest BCUT2D eigenvalue weighted by Crippen LogP contribution is 2.11. The maximum atomic E-state index is 8.17. The van der Waals surface area contributed by atoms with Crippen LogP contribution in [0.1, 0.15) is 76.2 Å². The second-order valence-corrected chi connectivity index (χ2v) is 6.57. The molecule has 0 saturated carbocycles. The summed E-state index contributed by atoms with van der Waals surface area (Å²) >= 11 is 0. The SMILES string of the molecule is [N-]=[N+]=NCCCCCCCCCCCCOCCCc1cccnc1. The predicted octanol–water partition coefficient (Wildman–Crippen LogP) is 6.24. The predicted molar refractivity (Wildman–Crippen MR) is 104 cm³/mol. The molecule has 5 nitrogen and oxygen atoms in total. The Bertz CT molecular complexity index is 446. The molecule has 5 heteroatoms. The Morgan fingerprint density at radius 2 is 1.52 bits per heavy atom. The number of aryl methyl sites for hydroxylation is 1. The molecule has 140 valence electrons. The molecule has 0 N–H and O–H groups in total. The van der Waals surface area contributed by atoms with E-state index in [4.69, 9.17) is 10.3 Å². The molecule has 1 rings (SSSR count). The van der Waals surface area contributed by atoms with E-state index in [1.54, 1.807) is 0 Å². The largest absolute Gasteiger partial charge is 0.381 e. The number of rotatable bonds is 17. The van der Waals surface area contributed by atoms with E-state index in [0.717, 1.165) is 32.5 Å². The number of azide groups is 1. The fourth-order valence-corrected chi connectivity index (χ4v) is 2.87. The third-order valence-corrected chi connectivity index (χ3v) is 4.34. The average Bonchev–Trinajstić information content (AvgIpc) is 2.65. The number of pyridine rings is 1. The quantitative estimate of drug-likeness (QED) is 0.145. The Morgan fingerprint density at radius 3 is 2.16 bits per heavy atom. The summed E-state index contributed by atoms with van der Waals surface area (Å²) < 4.78 is 5.70. The van der Waals surface area contributed by atoms with Gasteiger partial charge < -0.3 is 4.74 Å². The van der Waals surface area contributed by atoms with E-state index in [9.17, 15) is 0 Å². The van der Waals surface area contributed by atoms with Gasteiger partial charge in [-0.2, -0.15) is 0 Å². The molecule has 1 aromatic heterocycles. The summed E-state index contributed by atoms with van der Waals surface area (Å²) in [6.45, 7) is 2.41. The zero-order valence-corrected chi connectivity index (χ0v) is 15.6. The summed E-state index contributed by atoms with van der Waals surface area (Å²) in [5, 5.41) is 3.55. The minimum absolute atomic E-state index is 0.655. The summed E-state index contributed by atoms with van der Waals surface area (Å²) in [5.41, 5.74) is 9.47. The van der Waals surface area contributed by atoms with E-state index < -0.39 is 0 Å². The molecule has 0 radical (unpaired) electrons. The van der Waals surface area contributed by atoms with Gasteiger partial charge in [0.05, 0.1) is 0 Å². The van der Waals surface area contributed by atoms with Crippen molar-refractivity contribution >= 4 is 0 Å². The maximum absolute atomic E-state index is 8.17. The minimum Gasteiger partial charge on any atom is -0.381 e. The van der Waals surface area contributed by atoms with Gasteiger partial charge in [0, 0.05) is 37.1 Å². The number of hydrogen-bond donors (Lipinski definition) is 0. The Hall–Kier alpha value is -1.58. The van der Waals surface area contributed by atoms with Crippen LogP contribution in [0.5, 0.6) is 0 Å². The zero-order valence-electron chi connectivity index (χ0n) is 15.6. The molecular weight excluding hydrogens is 312 g/mol. The van der Waals surface area contributed by atoms with Crippen molar-refractivity contribution in [3.8, 4) is 0 Å². The van der Waals surface area contributed by atoms with Crippen molar-refractivity contribution in [2.75, 3.05) is 19.8 Å². The monoisotopic (exact) mass is 346 g/mol. The molecule has 25 heavy (non-hydrogen) atoms. The number of hydrogen-bond acceptors (Lipinski definition) is 3. The molecule has 0 aliphatic rings. The van der Waals surface area contributed by atoms with Crippen LogP contribution in [-0.2, 0) is 11.2 Å². The number of unbranched alkanes of at least 4 members (excludes halogenated alkanes) is 9. The first-order chi connectivity index (χ1) is 12.4. The van der Waals surface area contributed by atoms with Crippen LogP contribution in [0.4, 0.5) is 0 Å². The van der Waals surface area contributed by atoms with E-state index in [2.05, 4.69) is 21.1 Å². The van der Waals surface area contributed by atoms with Crippen LogP contribution in [-0.4, -0.2) is 24.7 Å². The van der Waals surface area contributed by atoms with Gasteiger partial charge in [0.25, 0.3) is 0 Å². The molecule has 0 spiro atoms. The van der Waals surface area contributed by atoms with Crippen LogP contribution < -0.4 is 0 Å². The van der Waals surface area contributed by atoms with Gasteiger partial charge in [0.2, 0.25) is 0 Å². The van der Waals surface area contributed by atoms with Crippen molar-refractivity contribution < 1.29 is 4.74 Å². The Balaban J connectivity index is 1.71. The van der Waals surface area contributed by atoms with Gasteiger partial charge in [-0.25, -0.2) is 0 Å². The van der Waals surface area contributed by atoms with Gasteiger partial charge in [0.15, 0.2) is 0 Å². The lowest BCUT2D eigenvalue weighted by molar-refractivity contribution is 0.127. The smallest absolute Gasteiger partial charge is 0.0469 e. The van der Waals surface area contributed by atoms with E-state index in [1.165, 1.54) is 63.4 Å². The Labute approximate surface area is 152 Å². The van der Waals surface area contributed by atoms with Gasteiger partial charge in [0.1, 0.15) is 0 Å². The summed E-state index contributed by atoms with van der Waals surface area (Å²) in [5.74, 6) is 0. The summed E-state index contributed by atoms with van der Waals surface area (Å²) in [6.07, 6.45) is 18.5. The molecular formula is C20H34N4O. The van der Waals surface area contributed by atoms with Crippen LogP contribution in [0.3, 0.4) is 0 Å². The van der Waals surface area contributed by atoms with Crippen molar-refractivity contribution in [2.24, 2.45) is 5.11 Å². The second-order valence-electron chi connectivity index (χ2n) is 6.57. The maximum Gasteiger partial charge on any atom is 0.0469 e. The number of aromatic nitrogens is 1. The summed E-state index contributed by atoms with van der Waals surface area (Å²) in [7, 11) is 0. The lowest BCUT2D eigenvalue weighted by Crippen LogP contribution is -1.99. The van der Waals surface area contributed by atoms with Gasteiger partial charge in [-0.3, -0.25) is 4.98 Å². The molecule has 0 atom stereocenters. The topological polar surface area (TPSA) is 70.9 Å². The molecule has 0 aromatic carbocycles. The standard InChI is InChI=1S/C20H34N4O/c21-24-23-16-9-7-5-3-1-2-4-6-8-10-17-25-18-12-14-20-13-11-15-22-19-20/h11,13,15,19H,1-10,12,14,16-18H2. The van der Waals surface area contributed by atoms with Crippen LogP contribution >= 0.6 is 0 Å². The first-order valence-corrected chi connectivity index (χ1v) is 9.91. The van der Waals surface area contributed by atoms with Crippen molar-refractivity contribution in [3.63, 3.8) is 0 Å². The Morgan fingerprint density at radius 1 is 0.880 bits per heavy atom. The summed E-state index contributed by atoms with van der Waals surface area (Å²) in [4.78, 5) is 6.89. The molecule has 0 unspecified atom stereocenters. The molecule has 0 aliphatic heterocycles. The van der Waals surface area contributed by atoms with Crippen LogP contribution in [0.25, 0.3) is 10.4 Å². The third-order valence-electron chi connectivity index (χ3n) is 4.34. The highest BCUT2D eigenvalue weighted by atomic mass is 16.5. The van der Waals surface area contributed by atoms with E-state index >= 15 is 0 Å². The molecule has 1 aromatic rings. The van der Waals surface area contributed by atoms with Crippen LogP contribution in [0, 0.1) is 0 Å².